The van der Waals surface area contributed by atoms with Crippen molar-refractivity contribution in [2.45, 2.75) is 30.8 Å². The van der Waals surface area contributed by atoms with Gasteiger partial charge in [-0.25, -0.2) is 13.1 Å². The number of nitrogens with zero attached hydrogens (tertiary/aromatic N) is 1. The molecular weight excluding hydrogens is 284 g/mol. The van der Waals surface area contributed by atoms with Crippen LogP contribution in [0.4, 0.5) is 0 Å². The van der Waals surface area contributed by atoms with E-state index in [4.69, 9.17) is 5.11 Å². The minimum atomic E-state index is -3.41. The second kappa shape index (κ2) is 6.81. The van der Waals surface area contributed by atoms with Gasteiger partial charge in [0.15, 0.2) is 0 Å². The molecule has 1 fully saturated rings. The highest BCUT2D eigenvalue weighted by atomic mass is 32.2. The fraction of sp³-hybridized carbons (Fsp3) is 0.667. The summed E-state index contributed by atoms with van der Waals surface area (Å²) in [4.78, 5) is 3.28. The molecule has 7 heteroatoms. The normalized spacial score (nSPS) is 17.1. The van der Waals surface area contributed by atoms with Crippen LogP contribution in [0.1, 0.15) is 24.1 Å². The molecular formula is C12H20N2O3S2. The predicted molar refractivity (Wildman–Crippen MR) is 75.7 cm³/mol. The van der Waals surface area contributed by atoms with Crippen molar-refractivity contribution in [2.24, 2.45) is 0 Å². The fourth-order valence-corrected chi connectivity index (χ4v) is 4.39. The Balaban J connectivity index is 1.77. The highest BCUT2D eigenvalue weighted by Crippen LogP contribution is 2.18. The Bertz CT molecular complexity index is 493. The Kier molecular flexibility index (Phi) is 5.35. The number of nitrogens with one attached hydrogen (secondary N) is 1. The van der Waals surface area contributed by atoms with E-state index in [1.807, 2.05) is 0 Å². The van der Waals surface area contributed by atoms with Gasteiger partial charge < -0.3 is 10.0 Å². The van der Waals surface area contributed by atoms with Gasteiger partial charge >= 0.3 is 0 Å². The summed E-state index contributed by atoms with van der Waals surface area (Å²) in [5.41, 5.74) is 0. The minimum Gasteiger partial charge on any atom is -0.391 e. The molecule has 0 unspecified atom stereocenters. The third-order valence-corrected chi connectivity index (χ3v) is 5.75. The van der Waals surface area contributed by atoms with Crippen molar-refractivity contribution in [2.75, 3.05) is 26.2 Å². The van der Waals surface area contributed by atoms with Crippen molar-refractivity contribution in [3.05, 3.63) is 16.3 Å². The van der Waals surface area contributed by atoms with E-state index in [-0.39, 0.29) is 11.5 Å². The van der Waals surface area contributed by atoms with Gasteiger partial charge in [-0.2, -0.15) is 0 Å². The molecule has 0 radical (unpaired) electrons. The van der Waals surface area contributed by atoms with E-state index >= 15 is 0 Å². The van der Waals surface area contributed by atoms with Crippen LogP contribution in [0.3, 0.4) is 0 Å². The standard InChI is InChI=1S/C12H20N2O3S2/c15-9-11-8-12(10-18-11)19(16,17)13-4-3-7-14-5-1-2-6-14/h8,10,13,15H,1-7,9H2. The molecule has 1 aromatic heterocycles. The van der Waals surface area contributed by atoms with Crippen LogP contribution in [0.15, 0.2) is 16.3 Å². The topological polar surface area (TPSA) is 69.6 Å². The molecule has 1 aromatic rings. The van der Waals surface area contributed by atoms with Crippen molar-refractivity contribution in [3.63, 3.8) is 0 Å². The lowest BCUT2D eigenvalue weighted by molar-refractivity contribution is 0.285. The molecule has 0 amide bonds. The molecule has 19 heavy (non-hydrogen) atoms. The molecule has 0 aromatic carbocycles. The van der Waals surface area contributed by atoms with Gasteiger partial charge in [0.25, 0.3) is 0 Å². The molecule has 1 saturated heterocycles. The van der Waals surface area contributed by atoms with Gasteiger partial charge in [0.05, 0.1) is 11.5 Å². The number of aliphatic hydroxyl groups is 1. The zero-order valence-electron chi connectivity index (χ0n) is 10.8. The molecule has 1 aliphatic heterocycles. The predicted octanol–water partition coefficient (Wildman–Crippen LogP) is 1.00. The van der Waals surface area contributed by atoms with Gasteiger partial charge in [0.1, 0.15) is 0 Å². The molecule has 5 nitrogen and oxygen atoms in total. The Labute approximate surface area is 118 Å². The third kappa shape index (κ3) is 4.25. The average Bonchev–Trinajstić information content (AvgIpc) is 3.05. The number of thiophene rings is 1. The molecule has 1 aliphatic rings. The Morgan fingerprint density at radius 2 is 2.11 bits per heavy atom. The van der Waals surface area contributed by atoms with Crippen LogP contribution in [0.5, 0.6) is 0 Å². The number of likely N-dealkylation sites (tertiary alicyclic amines) is 1. The monoisotopic (exact) mass is 304 g/mol. The molecule has 0 bridgehead atoms. The smallest absolute Gasteiger partial charge is 0.241 e. The number of hydrogen-bond acceptors (Lipinski definition) is 5. The molecule has 0 aliphatic carbocycles. The summed E-state index contributed by atoms with van der Waals surface area (Å²) in [7, 11) is -3.41. The molecule has 2 rings (SSSR count). The van der Waals surface area contributed by atoms with Crippen molar-refractivity contribution in [1.82, 2.24) is 9.62 Å². The van der Waals surface area contributed by atoms with E-state index in [2.05, 4.69) is 9.62 Å². The second-order valence-corrected chi connectivity index (χ2v) is 7.47. The van der Waals surface area contributed by atoms with Crippen LogP contribution >= 0.6 is 11.3 Å². The van der Waals surface area contributed by atoms with Crippen molar-refractivity contribution < 1.29 is 13.5 Å². The Hall–Kier alpha value is -0.470. The molecule has 108 valence electrons. The summed E-state index contributed by atoms with van der Waals surface area (Å²) in [5, 5.41) is 10.5. The largest absolute Gasteiger partial charge is 0.391 e. The van der Waals surface area contributed by atoms with E-state index in [1.54, 1.807) is 5.38 Å². The van der Waals surface area contributed by atoms with Crippen LogP contribution in [-0.4, -0.2) is 44.6 Å². The molecule has 2 N–H and O–H groups in total. The first-order valence-corrected chi connectivity index (χ1v) is 8.88. The summed E-state index contributed by atoms with van der Waals surface area (Å²) in [5.74, 6) is 0. The Morgan fingerprint density at radius 3 is 2.74 bits per heavy atom. The van der Waals surface area contributed by atoms with Crippen LogP contribution in [0, 0.1) is 0 Å². The van der Waals surface area contributed by atoms with Crippen LogP contribution in [0.2, 0.25) is 0 Å². The lowest BCUT2D eigenvalue weighted by atomic mass is 10.4. The number of rotatable bonds is 7. The molecule has 2 heterocycles. The second-order valence-electron chi connectivity index (χ2n) is 4.71. The van der Waals surface area contributed by atoms with Crippen molar-refractivity contribution >= 4 is 21.4 Å². The van der Waals surface area contributed by atoms with Gasteiger partial charge in [-0.3, -0.25) is 0 Å². The zero-order valence-corrected chi connectivity index (χ0v) is 12.5. The van der Waals surface area contributed by atoms with Gasteiger partial charge in [-0.05, 0) is 45.0 Å². The minimum absolute atomic E-state index is 0.116. The zero-order chi connectivity index (χ0) is 13.7. The maximum Gasteiger partial charge on any atom is 0.241 e. The first kappa shape index (κ1) is 14.9. The first-order chi connectivity index (χ1) is 9.12. The van der Waals surface area contributed by atoms with E-state index in [9.17, 15) is 8.42 Å². The van der Waals surface area contributed by atoms with Gasteiger partial charge in [-0.15, -0.1) is 11.3 Å². The summed E-state index contributed by atoms with van der Waals surface area (Å²) in [6.45, 7) is 3.57. The summed E-state index contributed by atoms with van der Waals surface area (Å²) < 4.78 is 26.5. The average molecular weight is 304 g/mol. The van der Waals surface area contributed by atoms with Crippen LogP contribution in [0.25, 0.3) is 0 Å². The summed E-state index contributed by atoms with van der Waals surface area (Å²) in [6, 6.07) is 1.52. The number of aliphatic hydroxyl groups excluding tert-OH is 1. The number of hydrogen-bond donors (Lipinski definition) is 2. The summed E-state index contributed by atoms with van der Waals surface area (Å²) >= 11 is 1.26. The highest BCUT2D eigenvalue weighted by molar-refractivity contribution is 7.89. The van der Waals surface area contributed by atoms with Gasteiger partial charge in [0.2, 0.25) is 10.0 Å². The SMILES string of the molecule is O=S(=O)(NCCCN1CCCC1)c1csc(CO)c1. The van der Waals surface area contributed by atoms with Crippen LogP contribution in [-0.2, 0) is 16.6 Å². The molecule has 0 saturated carbocycles. The van der Waals surface area contributed by atoms with E-state index in [0.29, 0.717) is 11.4 Å². The lowest BCUT2D eigenvalue weighted by Crippen LogP contribution is -2.28. The Morgan fingerprint density at radius 1 is 1.37 bits per heavy atom. The van der Waals surface area contributed by atoms with E-state index < -0.39 is 10.0 Å². The third-order valence-electron chi connectivity index (χ3n) is 3.24. The van der Waals surface area contributed by atoms with Crippen molar-refractivity contribution in [3.8, 4) is 0 Å². The lowest BCUT2D eigenvalue weighted by Gasteiger charge is -2.14. The van der Waals surface area contributed by atoms with E-state index in [1.165, 1.54) is 30.2 Å². The fourth-order valence-electron chi connectivity index (χ4n) is 2.18. The maximum absolute atomic E-state index is 12.0. The molecule has 0 spiro atoms. The maximum atomic E-state index is 12.0. The van der Waals surface area contributed by atoms with Gasteiger partial charge in [-0.1, -0.05) is 0 Å². The number of sulfonamides is 1. The van der Waals surface area contributed by atoms with Crippen molar-refractivity contribution in [1.29, 1.82) is 0 Å². The first-order valence-electron chi connectivity index (χ1n) is 6.52. The van der Waals surface area contributed by atoms with E-state index in [0.717, 1.165) is 26.1 Å². The summed E-state index contributed by atoms with van der Waals surface area (Å²) in [6.07, 6.45) is 3.34. The van der Waals surface area contributed by atoms with Gasteiger partial charge in [0, 0.05) is 16.8 Å². The quantitative estimate of drug-likeness (QED) is 0.738. The molecule has 0 atom stereocenters. The van der Waals surface area contributed by atoms with Crippen LogP contribution < -0.4 is 4.72 Å². The highest BCUT2D eigenvalue weighted by Gasteiger charge is 2.16.